The molecule has 0 unspecified atom stereocenters. The summed E-state index contributed by atoms with van der Waals surface area (Å²) in [5.41, 5.74) is 1.06. The molecule has 1 aliphatic carbocycles. The summed E-state index contributed by atoms with van der Waals surface area (Å²) in [5.74, 6) is 2.22. The molecule has 0 spiro atoms. The van der Waals surface area contributed by atoms with Crippen LogP contribution in [0.3, 0.4) is 0 Å². The summed E-state index contributed by atoms with van der Waals surface area (Å²) < 4.78 is 5.67. The number of rotatable bonds is 9. The van der Waals surface area contributed by atoms with Crippen molar-refractivity contribution in [1.82, 2.24) is 20.6 Å². The van der Waals surface area contributed by atoms with Crippen molar-refractivity contribution >= 4 is 17.3 Å². The number of nitrogens with one attached hydrogen (secondary N) is 2. The van der Waals surface area contributed by atoms with Gasteiger partial charge in [0.1, 0.15) is 5.01 Å². The SMILES string of the molecule is CCNC(=NCc1ccc(OCC2CC2)nc1)NCc1ncc(CC)s1. The minimum Gasteiger partial charge on any atom is -0.477 e. The molecule has 0 atom stereocenters. The van der Waals surface area contributed by atoms with Crippen LogP contribution in [0.2, 0.25) is 0 Å². The predicted molar refractivity (Wildman–Crippen MR) is 106 cm³/mol. The highest BCUT2D eigenvalue weighted by Crippen LogP contribution is 2.29. The van der Waals surface area contributed by atoms with Gasteiger partial charge in [0.05, 0.1) is 19.7 Å². The highest BCUT2D eigenvalue weighted by molar-refractivity contribution is 7.11. The average molecular weight is 374 g/mol. The molecule has 140 valence electrons. The van der Waals surface area contributed by atoms with E-state index in [-0.39, 0.29) is 0 Å². The number of nitrogens with zero attached hydrogens (tertiary/aromatic N) is 3. The minimum atomic E-state index is 0.573. The molecule has 2 aromatic heterocycles. The molecule has 7 heteroatoms. The third-order valence-electron chi connectivity index (χ3n) is 4.08. The minimum absolute atomic E-state index is 0.573. The molecule has 6 nitrogen and oxygen atoms in total. The summed E-state index contributed by atoms with van der Waals surface area (Å²) >= 11 is 1.74. The third kappa shape index (κ3) is 5.98. The molecule has 0 saturated heterocycles. The topological polar surface area (TPSA) is 71.4 Å². The first-order chi connectivity index (χ1) is 12.8. The molecule has 3 rings (SSSR count). The summed E-state index contributed by atoms with van der Waals surface area (Å²) in [5, 5.41) is 7.68. The molecule has 1 saturated carbocycles. The zero-order valence-electron chi connectivity index (χ0n) is 15.5. The number of aromatic nitrogens is 2. The molecule has 1 aliphatic rings. The summed E-state index contributed by atoms with van der Waals surface area (Å²) in [6, 6.07) is 3.95. The standard InChI is InChI=1S/C19H27N5OS/c1-3-16-11-22-18(26-16)12-24-19(20-4-2)23-10-15-7-8-17(21-9-15)25-13-14-5-6-14/h7-9,11,14H,3-6,10,12-13H2,1-2H3,(H2,20,23,24). The second-order valence-corrected chi connectivity index (χ2v) is 7.58. The van der Waals surface area contributed by atoms with E-state index in [1.807, 2.05) is 24.5 Å². The van der Waals surface area contributed by atoms with Gasteiger partial charge in [-0.25, -0.2) is 15.0 Å². The van der Waals surface area contributed by atoms with Crippen molar-refractivity contribution in [3.63, 3.8) is 0 Å². The van der Waals surface area contributed by atoms with Crippen LogP contribution in [0.15, 0.2) is 29.5 Å². The van der Waals surface area contributed by atoms with Gasteiger partial charge in [0, 0.05) is 29.9 Å². The Morgan fingerprint density at radius 1 is 1.23 bits per heavy atom. The molecule has 1 fully saturated rings. The fraction of sp³-hybridized carbons (Fsp3) is 0.526. The van der Waals surface area contributed by atoms with Crippen molar-refractivity contribution < 1.29 is 4.74 Å². The van der Waals surface area contributed by atoms with Crippen LogP contribution in [0, 0.1) is 5.92 Å². The number of aliphatic imine (C=N–C) groups is 1. The third-order valence-corrected chi connectivity index (χ3v) is 5.22. The van der Waals surface area contributed by atoms with Gasteiger partial charge in [0.25, 0.3) is 0 Å². The van der Waals surface area contributed by atoms with Gasteiger partial charge in [-0.2, -0.15) is 0 Å². The van der Waals surface area contributed by atoms with E-state index in [1.165, 1.54) is 17.7 Å². The van der Waals surface area contributed by atoms with Gasteiger partial charge in [-0.3, -0.25) is 0 Å². The number of guanidine groups is 1. The number of thiazole rings is 1. The number of pyridine rings is 1. The summed E-state index contributed by atoms with van der Waals surface area (Å²) in [7, 11) is 0. The lowest BCUT2D eigenvalue weighted by Crippen LogP contribution is -2.36. The van der Waals surface area contributed by atoms with E-state index in [0.717, 1.165) is 42.0 Å². The lowest BCUT2D eigenvalue weighted by Gasteiger charge is -2.10. The Balaban J connectivity index is 1.50. The van der Waals surface area contributed by atoms with Crippen LogP contribution < -0.4 is 15.4 Å². The first kappa shape index (κ1) is 18.6. The lowest BCUT2D eigenvalue weighted by molar-refractivity contribution is 0.288. The van der Waals surface area contributed by atoms with Gasteiger partial charge in [0.2, 0.25) is 5.88 Å². The number of aryl methyl sites for hydroxylation is 1. The smallest absolute Gasteiger partial charge is 0.213 e. The van der Waals surface area contributed by atoms with Gasteiger partial charge < -0.3 is 15.4 Å². The maximum Gasteiger partial charge on any atom is 0.213 e. The van der Waals surface area contributed by atoms with Crippen LogP contribution in [0.4, 0.5) is 0 Å². The first-order valence-electron chi connectivity index (χ1n) is 9.30. The number of hydrogen-bond acceptors (Lipinski definition) is 5. The van der Waals surface area contributed by atoms with Crippen molar-refractivity contribution in [3.05, 3.63) is 40.0 Å². The fourth-order valence-electron chi connectivity index (χ4n) is 2.34. The molecular formula is C19H27N5OS. The van der Waals surface area contributed by atoms with Crippen LogP contribution in [0.5, 0.6) is 5.88 Å². The monoisotopic (exact) mass is 373 g/mol. The second-order valence-electron chi connectivity index (χ2n) is 6.38. The quantitative estimate of drug-likeness (QED) is 0.522. The molecular weight excluding hydrogens is 346 g/mol. The van der Waals surface area contributed by atoms with Crippen molar-refractivity contribution in [1.29, 1.82) is 0 Å². The molecule has 0 amide bonds. The molecule has 0 bridgehead atoms. The highest BCUT2D eigenvalue weighted by atomic mass is 32.1. The van der Waals surface area contributed by atoms with Crippen molar-refractivity contribution in [2.45, 2.75) is 46.2 Å². The molecule has 0 aromatic carbocycles. The number of hydrogen-bond donors (Lipinski definition) is 2. The number of ether oxygens (including phenoxy) is 1. The fourth-order valence-corrected chi connectivity index (χ4v) is 3.14. The van der Waals surface area contributed by atoms with Crippen molar-refractivity contribution in [3.8, 4) is 5.88 Å². The van der Waals surface area contributed by atoms with Crippen molar-refractivity contribution in [2.75, 3.05) is 13.2 Å². The molecule has 2 N–H and O–H groups in total. The van der Waals surface area contributed by atoms with Crippen LogP contribution in [0.25, 0.3) is 0 Å². The zero-order valence-corrected chi connectivity index (χ0v) is 16.3. The average Bonchev–Trinajstić information content (AvgIpc) is 3.39. The predicted octanol–water partition coefficient (Wildman–Crippen LogP) is 3.14. The van der Waals surface area contributed by atoms with Crippen molar-refractivity contribution in [2.24, 2.45) is 10.9 Å². The molecule has 2 aromatic rings. The second kappa shape index (κ2) is 9.52. The highest BCUT2D eigenvalue weighted by Gasteiger charge is 2.21. The van der Waals surface area contributed by atoms with E-state index in [1.54, 1.807) is 11.3 Å². The molecule has 0 aliphatic heterocycles. The Morgan fingerprint density at radius 2 is 2.12 bits per heavy atom. The Morgan fingerprint density at radius 3 is 2.77 bits per heavy atom. The normalized spacial score (nSPS) is 14.3. The van der Waals surface area contributed by atoms with Gasteiger partial charge in [0.15, 0.2) is 5.96 Å². The van der Waals surface area contributed by atoms with Gasteiger partial charge in [-0.05, 0) is 37.7 Å². The summed E-state index contributed by atoms with van der Waals surface area (Å²) in [4.78, 5) is 14.7. The maximum absolute atomic E-state index is 5.67. The first-order valence-corrected chi connectivity index (χ1v) is 10.1. The Kier molecular flexibility index (Phi) is 6.82. The summed E-state index contributed by atoms with van der Waals surface area (Å²) in [6.07, 6.45) is 7.38. The summed E-state index contributed by atoms with van der Waals surface area (Å²) in [6.45, 7) is 7.06. The van der Waals surface area contributed by atoms with Crippen LogP contribution in [-0.2, 0) is 19.5 Å². The van der Waals surface area contributed by atoms with E-state index >= 15 is 0 Å². The van der Waals surface area contributed by atoms with Gasteiger partial charge >= 0.3 is 0 Å². The molecule has 26 heavy (non-hydrogen) atoms. The largest absolute Gasteiger partial charge is 0.477 e. The molecule has 0 radical (unpaired) electrons. The van der Waals surface area contributed by atoms with Crippen LogP contribution in [-0.4, -0.2) is 29.1 Å². The Labute approximate surface area is 159 Å². The zero-order chi connectivity index (χ0) is 18.2. The van der Waals surface area contributed by atoms with Crippen LogP contribution >= 0.6 is 11.3 Å². The van der Waals surface area contributed by atoms with Crippen LogP contribution in [0.1, 0.15) is 42.1 Å². The Hall–Kier alpha value is -2.15. The van der Waals surface area contributed by atoms with Gasteiger partial charge in [-0.1, -0.05) is 13.0 Å². The van der Waals surface area contributed by atoms with E-state index in [0.29, 0.717) is 19.0 Å². The van der Waals surface area contributed by atoms with E-state index in [4.69, 9.17) is 4.74 Å². The maximum atomic E-state index is 5.67. The van der Waals surface area contributed by atoms with E-state index < -0.39 is 0 Å². The van der Waals surface area contributed by atoms with E-state index in [9.17, 15) is 0 Å². The lowest BCUT2D eigenvalue weighted by atomic mass is 10.3. The van der Waals surface area contributed by atoms with Gasteiger partial charge in [-0.15, -0.1) is 11.3 Å². The Bertz CT molecular complexity index is 709. The van der Waals surface area contributed by atoms with E-state index in [2.05, 4.69) is 39.4 Å². The molecule has 2 heterocycles.